The molecule has 0 atom stereocenters. The smallest absolute Gasteiger partial charge is 0.255 e. The summed E-state index contributed by atoms with van der Waals surface area (Å²) in [5.41, 5.74) is 1.22. The molecule has 0 aliphatic carbocycles. The maximum Gasteiger partial charge on any atom is 0.255 e. The van der Waals surface area contributed by atoms with Gasteiger partial charge in [-0.1, -0.05) is 6.07 Å². The van der Waals surface area contributed by atoms with Gasteiger partial charge in [0.1, 0.15) is 0 Å². The summed E-state index contributed by atoms with van der Waals surface area (Å²) in [6.45, 7) is 0. The van der Waals surface area contributed by atoms with E-state index in [-0.39, 0.29) is 16.4 Å². The Morgan fingerprint density at radius 3 is 2.13 bits per heavy atom. The van der Waals surface area contributed by atoms with Gasteiger partial charge in [-0.3, -0.25) is 9.59 Å². The zero-order valence-electron chi connectivity index (χ0n) is 12.7. The first-order valence-corrected chi connectivity index (χ1v) is 8.64. The molecule has 0 aliphatic rings. The van der Waals surface area contributed by atoms with E-state index < -0.39 is 15.7 Å². The molecule has 2 rings (SSSR count). The molecule has 0 unspecified atom stereocenters. The van der Waals surface area contributed by atoms with E-state index in [1.165, 1.54) is 31.3 Å². The van der Waals surface area contributed by atoms with Crippen LogP contribution < -0.4 is 10.6 Å². The third kappa shape index (κ3) is 4.17. The predicted molar refractivity (Wildman–Crippen MR) is 87.3 cm³/mol. The number of amides is 2. The predicted octanol–water partition coefficient (Wildman–Crippen LogP) is 1.70. The molecule has 0 saturated carbocycles. The third-order valence-electron chi connectivity index (χ3n) is 3.16. The van der Waals surface area contributed by atoms with Gasteiger partial charge in [0.05, 0.1) is 4.90 Å². The van der Waals surface area contributed by atoms with Crippen LogP contribution in [-0.2, 0) is 9.84 Å². The largest absolute Gasteiger partial charge is 0.355 e. The SMILES string of the molecule is CNC(=O)c1ccc(NC(=O)c2cccc(S(C)(=O)=O)c2)cc1. The number of nitrogens with one attached hydrogen (secondary N) is 2. The molecule has 7 heteroatoms. The molecule has 120 valence electrons. The lowest BCUT2D eigenvalue weighted by atomic mass is 10.1. The van der Waals surface area contributed by atoms with Crippen LogP contribution in [0.25, 0.3) is 0 Å². The molecule has 23 heavy (non-hydrogen) atoms. The number of carbonyl (C=O) groups excluding carboxylic acids is 2. The zero-order chi connectivity index (χ0) is 17.0. The van der Waals surface area contributed by atoms with E-state index in [2.05, 4.69) is 10.6 Å². The normalized spacial score (nSPS) is 10.9. The highest BCUT2D eigenvalue weighted by Gasteiger charge is 2.12. The highest BCUT2D eigenvalue weighted by Crippen LogP contribution is 2.14. The molecule has 0 bridgehead atoms. The van der Waals surface area contributed by atoms with Gasteiger partial charge in [-0.15, -0.1) is 0 Å². The van der Waals surface area contributed by atoms with E-state index >= 15 is 0 Å². The lowest BCUT2D eigenvalue weighted by Crippen LogP contribution is -2.18. The molecule has 2 N–H and O–H groups in total. The fraction of sp³-hybridized carbons (Fsp3) is 0.125. The van der Waals surface area contributed by atoms with Gasteiger partial charge in [0.25, 0.3) is 11.8 Å². The Bertz CT molecular complexity index is 843. The number of anilines is 1. The van der Waals surface area contributed by atoms with Crippen LogP contribution in [-0.4, -0.2) is 33.5 Å². The van der Waals surface area contributed by atoms with Crippen molar-refractivity contribution in [2.75, 3.05) is 18.6 Å². The van der Waals surface area contributed by atoms with Crippen molar-refractivity contribution in [1.82, 2.24) is 5.32 Å². The Hall–Kier alpha value is -2.67. The molecule has 0 aromatic heterocycles. The van der Waals surface area contributed by atoms with E-state index in [0.29, 0.717) is 11.3 Å². The average molecular weight is 332 g/mol. The van der Waals surface area contributed by atoms with E-state index in [9.17, 15) is 18.0 Å². The van der Waals surface area contributed by atoms with Gasteiger partial charge >= 0.3 is 0 Å². The minimum atomic E-state index is -3.37. The Labute approximate surface area is 134 Å². The molecule has 2 aromatic carbocycles. The van der Waals surface area contributed by atoms with Crippen LogP contribution in [0.4, 0.5) is 5.69 Å². The van der Waals surface area contributed by atoms with Crippen LogP contribution in [0.3, 0.4) is 0 Å². The summed E-state index contributed by atoms with van der Waals surface area (Å²) < 4.78 is 23.1. The molecule has 0 saturated heterocycles. The fourth-order valence-corrected chi connectivity index (χ4v) is 2.59. The second-order valence-electron chi connectivity index (χ2n) is 4.91. The summed E-state index contributed by atoms with van der Waals surface area (Å²) in [5.74, 6) is -0.646. The maximum absolute atomic E-state index is 12.2. The van der Waals surface area contributed by atoms with Gasteiger partial charge in [0, 0.05) is 30.1 Å². The Morgan fingerprint density at radius 1 is 0.913 bits per heavy atom. The summed E-state index contributed by atoms with van der Waals surface area (Å²) in [6.07, 6.45) is 1.08. The quantitative estimate of drug-likeness (QED) is 0.891. The Kier molecular flexibility index (Phi) is 4.80. The summed E-state index contributed by atoms with van der Waals surface area (Å²) >= 11 is 0. The number of hydrogen-bond donors (Lipinski definition) is 2. The van der Waals surface area contributed by atoms with Crippen LogP contribution in [0.1, 0.15) is 20.7 Å². The van der Waals surface area contributed by atoms with Crippen molar-refractivity contribution < 1.29 is 18.0 Å². The zero-order valence-corrected chi connectivity index (χ0v) is 13.5. The minimum absolute atomic E-state index is 0.0834. The third-order valence-corrected chi connectivity index (χ3v) is 4.27. The first-order chi connectivity index (χ1) is 10.8. The first kappa shape index (κ1) is 16.7. The van der Waals surface area contributed by atoms with E-state index in [1.807, 2.05) is 0 Å². The van der Waals surface area contributed by atoms with Gasteiger partial charge in [-0.25, -0.2) is 8.42 Å². The molecule has 0 aliphatic heterocycles. The summed E-state index contributed by atoms with van der Waals surface area (Å²) in [5, 5.41) is 5.16. The van der Waals surface area contributed by atoms with Crippen molar-refractivity contribution in [2.45, 2.75) is 4.90 Å². The van der Waals surface area contributed by atoms with Crippen LogP contribution in [0.2, 0.25) is 0 Å². The number of benzene rings is 2. The van der Waals surface area contributed by atoms with Gasteiger partial charge in [-0.2, -0.15) is 0 Å². The van der Waals surface area contributed by atoms with Crippen molar-refractivity contribution in [3.8, 4) is 0 Å². The van der Waals surface area contributed by atoms with Gasteiger partial charge in [0.2, 0.25) is 0 Å². The Balaban J connectivity index is 2.18. The van der Waals surface area contributed by atoms with Gasteiger partial charge < -0.3 is 10.6 Å². The molecular weight excluding hydrogens is 316 g/mol. The molecule has 0 heterocycles. The second kappa shape index (κ2) is 6.62. The van der Waals surface area contributed by atoms with E-state index in [1.54, 1.807) is 24.3 Å². The highest BCUT2D eigenvalue weighted by molar-refractivity contribution is 7.90. The number of carbonyl (C=O) groups is 2. The van der Waals surface area contributed by atoms with Crippen molar-refractivity contribution in [1.29, 1.82) is 0 Å². The molecule has 2 aromatic rings. The van der Waals surface area contributed by atoms with Crippen molar-refractivity contribution in [3.05, 3.63) is 59.7 Å². The monoisotopic (exact) mass is 332 g/mol. The maximum atomic E-state index is 12.2. The molecule has 0 radical (unpaired) electrons. The van der Waals surface area contributed by atoms with Crippen LogP contribution in [0.5, 0.6) is 0 Å². The molecule has 0 spiro atoms. The number of rotatable bonds is 4. The van der Waals surface area contributed by atoms with Crippen LogP contribution in [0, 0.1) is 0 Å². The topological polar surface area (TPSA) is 92.3 Å². The summed E-state index contributed by atoms with van der Waals surface area (Å²) in [6, 6.07) is 12.2. The number of sulfone groups is 1. The van der Waals surface area contributed by atoms with Crippen LogP contribution >= 0.6 is 0 Å². The van der Waals surface area contributed by atoms with Crippen molar-refractivity contribution in [3.63, 3.8) is 0 Å². The molecule has 2 amide bonds. The first-order valence-electron chi connectivity index (χ1n) is 6.75. The number of hydrogen-bond acceptors (Lipinski definition) is 4. The second-order valence-corrected chi connectivity index (χ2v) is 6.93. The fourth-order valence-electron chi connectivity index (χ4n) is 1.92. The lowest BCUT2D eigenvalue weighted by molar-refractivity contribution is 0.0962. The van der Waals surface area contributed by atoms with Crippen LogP contribution in [0.15, 0.2) is 53.4 Å². The summed E-state index contributed by atoms with van der Waals surface area (Å²) in [7, 11) is -1.84. The standard InChI is InChI=1S/C16H16N2O4S/c1-17-15(19)11-6-8-13(9-7-11)18-16(20)12-4-3-5-14(10-12)23(2,21)22/h3-10H,1-2H3,(H,17,19)(H,18,20). The van der Waals surface area contributed by atoms with E-state index in [0.717, 1.165) is 6.26 Å². The molecule has 0 fully saturated rings. The van der Waals surface area contributed by atoms with Crippen molar-refractivity contribution >= 4 is 27.3 Å². The lowest BCUT2D eigenvalue weighted by Gasteiger charge is -2.07. The minimum Gasteiger partial charge on any atom is -0.355 e. The molecular formula is C16H16N2O4S. The average Bonchev–Trinajstić information content (AvgIpc) is 2.54. The Morgan fingerprint density at radius 2 is 1.57 bits per heavy atom. The van der Waals surface area contributed by atoms with E-state index in [4.69, 9.17) is 0 Å². The molecule has 6 nitrogen and oxygen atoms in total. The highest BCUT2D eigenvalue weighted by atomic mass is 32.2. The van der Waals surface area contributed by atoms with Gasteiger partial charge in [0.15, 0.2) is 9.84 Å². The summed E-state index contributed by atoms with van der Waals surface area (Å²) in [4.78, 5) is 23.7. The van der Waals surface area contributed by atoms with Gasteiger partial charge in [-0.05, 0) is 42.5 Å². The van der Waals surface area contributed by atoms with Crippen molar-refractivity contribution in [2.24, 2.45) is 0 Å².